The summed E-state index contributed by atoms with van der Waals surface area (Å²) in [4.78, 5) is 21.1. The van der Waals surface area contributed by atoms with Crippen molar-refractivity contribution in [2.45, 2.75) is 57.4 Å². The molecule has 0 aromatic carbocycles. The lowest BCUT2D eigenvalue weighted by Gasteiger charge is -2.26. The van der Waals surface area contributed by atoms with Gasteiger partial charge in [-0.15, -0.1) is 35.3 Å². The van der Waals surface area contributed by atoms with Crippen molar-refractivity contribution in [1.29, 1.82) is 0 Å². The average Bonchev–Trinajstić information content (AvgIpc) is 3.57. The number of rotatable bonds is 8. The highest BCUT2D eigenvalue weighted by Crippen LogP contribution is 2.26. The number of carbonyl (C=O) groups is 1. The van der Waals surface area contributed by atoms with Crippen LogP contribution in [0.4, 0.5) is 0 Å². The largest absolute Gasteiger partial charge is 0.469 e. The van der Waals surface area contributed by atoms with Gasteiger partial charge in [0.1, 0.15) is 5.76 Å². The molecule has 1 aliphatic heterocycles. The fourth-order valence-corrected chi connectivity index (χ4v) is 5.22. The minimum atomic E-state index is 0. The number of nitrogens with zero attached hydrogens (tertiary/aromatic N) is 2. The van der Waals surface area contributed by atoms with Gasteiger partial charge in [0.25, 0.3) is 0 Å². The standard InChI is InChI=1S/C24H34N4O2S.HI/c29-23(19-6-2-1-3-7-19)28-15-12-20(18-28)27-24(25-13-10-21-8-4-16-30-21)26-14-11-22-9-5-17-31-22;/h4-5,8-9,16-17,19-20H,1-3,6-7,10-15,18H2,(H2,25,26,27);1H. The molecule has 2 N–H and O–H groups in total. The topological polar surface area (TPSA) is 69.9 Å². The number of hydrogen-bond acceptors (Lipinski definition) is 4. The number of guanidine groups is 1. The van der Waals surface area contributed by atoms with E-state index < -0.39 is 0 Å². The van der Waals surface area contributed by atoms with Crippen LogP contribution in [0.2, 0.25) is 0 Å². The lowest BCUT2D eigenvalue weighted by Crippen LogP contribution is -2.46. The number of hydrogen-bond donors (Lipinski definition) is 2. The Morgan fingerprint density at radius 2 is 2.03 bits per heavy atom. The second-order valence-corrected chi connectivity index (χ2v) is 9.60. The van der Waals surface area contributed by atoms with Gasteiger partial charge >= 0.3 is 0 Å². The minimum absolute atomic E-state index is 0. The van der Waals surface area contributed by atoms with Crippen molar-refractivity contribution in [3.8, 4) is 0 Å². The molecule has 0 radical (unpaired) electrons. The molecular weight excluding hydrogens is 535 g/mol. The number of furan rings is 1. The Labute approximate surface area is 212 Å². The van der Waals surface area contributed by atoms with Gasteiger partial charge in [-0.25, -0.2) is 0 Å². The number of amides is 1. The van der Waals surface area contributed by atoms with Crippen LogP contribution in [0.5, 0.6) is 0 Å². The normalized spacial score (nSPS) is 19.6. The molecule has 32 heavy (non-hydrogen) atoms. The maximum atomic E-state index is 12.9. The van der Waals surface area contributed by atoms with E-state index in [1.165, 1.54) is 24.1 Å². The van der Waals surface area contributed by atoms with Crippen LogP contribution >= 0.6 is 35.3 Å². The van der Waals surface area contributed by atoms with Crippen molar-refractivity contribution in [3.63, 3.8) is 0 Å². The highest BCUT2D eigenvalue weighted by atomic mass is 127. The summed E-state index contributed by atoms with van der Waals surface area (Å²) in [6, 6.07) is 8.41. The molecule has 1 aliphatic carbocycles. The Hall–Kier alpha value is -1.55. The zero-order valence-corrected chi connectivity index (χ0v) is 21.8. The van der Waals surface area contributed by atoms with E-state index in [0.29, 0.717) is 5.91 Å². The van der Waals surface area contributed by atoms with E-state index in [0.717, 1.165) is 70.0 Å². The van der Waals surface area contributed by atoms with E-state index in [1.807, 2.05) is 12.1 Å². The van der Waals surface area contributed by atoms with Crippen LogP contribution in [0.15, 0.2) is 45.3 Å². The minimum Gasteiger partial charge on any atom is -0.469 e. The summed E-state index contributed by atoms with van der Waals surface area (Å²) in [7, 11) is 0. The molecule has 4 rings (SSSR count). The number of likely N-dealkylation sites (tertiary alicyclic amines) is 1. The lowest BCUT2D eigenvalue weighted by molar-refractivity contribution is -0.135. The number of carbonyl (C=O) groups excluding carboxylic acids is 1. The van der Waals surface area contributed by atoms with Gasteiger partial charge in [-0.05, 0) is 42.8 Å². The van der Waals surface area contributed by atoms with Gasteiger partial charge in [0.15, 0.2) is 5.96 Å². The Kier molecular flexibility index (Phi) is 10.4. The van der Waals surface area contributed by atoms with E-state index >= 15 is 0 Å². The highest BCUT2D eigenvalue weighted by Gasteiger charge is 2.31. The fraction of sp³-hybridized carbons (Fsp3) is 0.583. The van der Waals surface area contributed by atoms with Crippen molar-refractivity contribution in [2.75, 3.05) is 26.2 Å². The third-order valence-electron chi connectivity index (χ3n) is 6.25. The van der Waals surface area contributed by atoms with Gasteiger partial charge in [0, 0.05) is 55.9 Å². The van der Waals surface area contributed by atoms with E-state index in [4.69, 9.17) is 9.41 Å². The average molecular weight is 571 g/mol. The van der Waals surface area contributed by atoms with Crippen LogP contribution in [0.3, 0.4) is 0 Å². The predicted molar refractivity (Wildman–Crippen MR) is 141 cm³/mol. The van der Waals surface area contributed by atoms with Crippen molar-refractivity contribution < 1.29 is 9.21 Å². The predicted octanol–water partition coefficient (Wildman–Crippen LogP) is 4.46. The smallest absolute Gasteiger partial charge is 0.225 e. The van der Waals surface area contributed by atoms with E-state index in [-0.39, 0.29) is 35.9 Å². The maximum Gasteiger partial charge on any atom is 0.225 e. The third-order valence-corrected chi connectivity index (χ3v) is 7.18. The van der Waals surface area contributed by atoms with Gasteiger partial charge in [0.2, 0.25) is 5.91 Å². The van der Waals surface area contributed by atoms with Crippen LogP contribution in [0.25, 0.3) is 0 Å². The Bertz CT molecular complexity index is 819. The van der Waals surface area contributed by atoms with Crippen LogP contribution in [-0.2, 0) is 17.6 Å². The van der Waals surface area contributed by atoms with E-state index in [9.17, 15) is 4.79 Å². The van der Waals surface area contributed by atoms with E-state index in [1.54, 1.807) is 17.6 Å². The first-order chi connectivity index (χ1) is 15.3. The lowest BCUT2D eigenvalue weighted by atomic mass is 9.88. The second kappa shape index (κ2) is 13.2. The molecule has 3 heterocycles. The number of nitrogens with one attached hydrogen (secondary N) is 2. The first-order valence-corrected chi connectivity index (χ1v) is 12.5. The molecule has 1 saturated carbocycles. The monoisotopic (exact) mass is 570 g/mol. The van der Waals surface area contributed by atoms with Crippen molar-refractivity contribution >= 4 is 47.2 Å². The van der Waals surface area contributed by atoms with Gasteiger partial charge in [-0.3, -0.25) is 9.79 Å². The molecule has 1 saturated heterocycles. The number of thiophene rings is 1. The van der Waals surface area contributed by atoms with Crippen LogP contribution < -0.4 is 10.6 Å². The molecule has 1 amide bonds. The van der Waals surface area contributed by atoms with Crippen molar-refractivity contribution in [2.24, 2.45) is 10.9 Å². The molecule has 0 bridgehead atoms. The first kappa shape index (κ1) is 25.1. The molecule has 1 atom stereocenters. The molecular formula is C24H35IN4O2S. The van der Waals surface area contributed by atoms with Crippen LogP contribution in [0.1, 0.15) is 49.2 Å². The molecule has 6 nitrogen and oxygen atoms in total. The summed E-state index contributed by atoms with van der Waals surface area (Å²) in [5, 5.41) is 9.14. The molecule has 176 valence electrons. The first-order valence-electron chi connectivity index (χ1n) is 11.7. The Balaban J connectivity index is 0.00000289. The van der Waals surface area contributed by atoms with Gasteiger partial charge in [0.05, 0.1) is 6.26 Å². The maximum absolute atomic E-state index is 12.9. The summed E-state index contributed by atoms with van der Waals surface area (Å²) < 4.78 is 5.43. The fourth-order valence-electron chi connectivity index (χ4n) is 4.52. The van der Waals surface area contributed by atoms with Crippen LogP contribution in [-0.4, -0.2) is 49.0 Å². The molecule has 1 unspecified atom stereocenters. The second-order valence-electron chi connectivity index (χ2n) is 8.56. The molecule has 0 spiro atoms. The van der Waals surface area contributed by atoms with Gasteiger partial charge in [-0.1, -0.05) is 25.3 Å². The van der Waals surface area contributed by atoms with E-state index in [2.05, 4.69) is 33.0 Å². The zero-order valence-electron chi connectivity index (χ0n) is 18.6. The number of aliphatic imine (C=N–C) groups is 1. The summed E-state index contributed by atoms with van der Waals surface area (Å²) in [6.45, 7) is 3.13. The quantitative estimate of drug-likeness (QED) is 0.280. The highest BCUT2D eigenvalue weighted by molar-refractivity contribution is 14.0. The molecule has 2 aromatic heterocycles. The summed E-state index contributed by atoms with van der Waals surface area (Å²) >= 11 is 1.77. The number of halogens is 1. The third kappa shape index (κ3) is 7.50. The molecule has 2 fully saturated rings. The Morgan fingerprint density at radius 3 is 2.78 bits per heavy atom. The van der Waals surface area contributed by atoms with Gasteiger partial charge in [-0.2, -0.15) is 0 Å². The van der Waals surface area contributed by atoms with Crippen LogP contribution in [0, 0.1) is 5.92 Å². The molecule has 2 aliphatic rings. The molecule has 8 heteroatoms. The molecule has 2 aromatic rings. The summed E-state index contributed by atoms with van der Waals surface area (Å²) in [6.07, 6.45) is 10.3. The summed E-state index contributed by atoms with van der Waals surface area (Å²) in [5.41, 5.74) is 0. The SMILES string of the molecule is I.O=C(C1CCCCC1)N1CCC(NC(=NCCc2cccs2)NCCc2ccco2)C1. The van der Waals surface area contributed by atoms with Crippen molar-refractivity contribution in [3.05, 3.63) is 46.5 Å². The Morgan fingerprint density at radius 1 is 1.16 bits per heavy atom. The summed E-state index contributed by atoms with van der Waals surface area (Å²) in [5.74, 6) is 2.42. The van der Waals surface area contributed by atoms with Gasteiger partial charge < -0.3 is 20.0 Å². The van der Waals surface area contributed by atoms with Crippen molar-refractivity contribution in [1.82, 2.24) is 15.5 Å². The zero-order chi connectivity index (χ0) is 21.3.